The summed E-state index contributed by atoms with van der Waals surface area (Å²) in [6, 6.07) is 6.43. The number of aliphatic hydroxyl groups excluding tert-OH is 1. The highest BCUT2D eigenvalue weighted by molar-refractivity contribution is 8.02. The van der Waals surface area contributed by atoms with Gasteiger partial charge in [-0.05, 0) is 56.6 Å². The average molecular weight is 575 g/mol. The van der Waals surface area contributed by atoms with E-state index in [-0.39, 0.29) is 48.7 Å². The van der Waals surface area contributed by atoms with Crippen LogP contribution in [-0.4, -0.2) is 70.1 Å². The number of unbranched alkanes of at least 4 members (excludes halogenated alkanes) is 3. The van der Waals surface area contributed by atoms with E-state index in [1.807, 2.05) is 12.1 Å². The van der Waals surface area contributed by atoms with Gasteiger partial charge in [0.15, 0.2) is 0 Å². The summed E-state index contributed by atoms with van der Waals surface area (Å²) in [6.07, 6.45) is 7.65. The molecule has 3 fully saturated rings. The van der Waals surface area contributed by atoms with Gasteiger partial charge < -0.3 is 19.6 Å². The van der Waals surface area contributed by atoms with Gasteiger partial charge in [-0.2, -0.15) is 0 Å². The van der Waals surface area contributed by atoms with Crippen LogP contribution in [0.25, 0.3) is 0 Å². The molecule has 6 atom stereocenters. The van der Waals surface area contributed by atoms with Crippen LogP contribution in [0.15, 0.2) is 49.6 Å². The third-order valence-corrected chi connectivity index (χ3v) is 10.7. The lowest BCUT2D eigenvalue weighted by Gasteiger charge is -2.40. The Balaban J connectivity index is 1.72. The molecule has 3 aliphatic heterocycles. The number of likely N-dealkylation sites (tertiary alicyclic amines) is 1. The van der Waals surface area contributed by atoms with Crippen LogP contribution in [0.1, 0.15) is 45.4 Å². The zero-order chi connectivity index (χ0) is 28.2. The third kappa shape index (κ3) is 5.40. The molecule has 39 heavy (non-hydrogen) atoms. The second-order valence-electron chi connectivity index (χ2n) is 10.7. The lowest BCUT2D eigenvalue weighted by molar-refractivity contribution is -0.154. The lowest BCUT2D eigenvalue weighted by atomic mass is 9.66. The molecular weight excluding hydrogens is 536 g/mol. The maximum absolute atomic E-state index is 14.6. The molecule has 9 heteroatoms. The molecule has 3 aliphatic rings. The number of rotatable bonds is 14. The summed E-state index contributed by atoms with van der Waals surface area (Å²) < 4.78 is 4.92. The first-order valence-electron chi connectivity index (χ1n) is 13.9. The predicted octanol–water partition coefficient (Wildman–Crippen LogP) is 4.87. The first kappa shape index (κ1) is 29.7. The highest BCUT2D eigenvalue weighted by Crippen LogP contribution is 2.68. The van der Waals surface area contributed by atoms with E-state index in [2.05, 4.69) is 20.1 Å². The fraction of sp³-hybridized carbons (Fsp3) is 0.567. The van der Waals surface area contributed by atoms with E-state index in [9.17, 15) is 19.5 Å². The van der Waals surface area contributed by atoms with Crippen molar-refractivity contribution in [3.05, 3.63) is 54.6 Å². The maximum atomic E-state index is 14.6. The van der Waals surface area contributed by atoms with Gasteiger partial charge in [0.25, 0.3) is 5.91 Å². The number of aliphatic hydroxyl groups is 1. The number of esters is 1. The first-order valence-corrected chi connectivity index (χ1v) is 15.1. The van der Waals surface area contributed by atoms with Gasteiger partial charge in [0, 0.05) is 24.9 Å². The molecular formula is C30H39ClN2O5S. The monoisotopic (exact) mass is 574 g/mol. The van der Waals surface area contributed by atoms with Gasteiger partial charge >= 0.3 is 5.97 Å². The Kier molecular flexibility index (Phi) is 9.83. The summed E-state index contributed by atoms with van der Waals surface area (Å²) in [5.74, 6) is -1.84. The molecule has 3 saturated heterocycles. The molecule has 7 nitrogen and oxygen atoms in total. The second-order valence-corrected chi connectivity index (χ2v) is 12.6. The zero-order valence-corrected chi connectivity index (χ0v) is 24.2. The minimum Gasteiger partial charge on any atom is -0.465 e. The number of carbonyl (C=O) groups is 3. The number of nitrogens with zero attached hydrogens (tertiary/aromatic N) is 2. The molecule has 0 aliphatic carbocycles. The summed E-state index contributed by atoms with van der Waals surface area (Å²) in [6.45, 7) is 10.7. The normalized spacial score (nSPS) is 28.8. The Labute approximate surface area is 240 Å². The van der Waals surface area contributed by atoms with Crippen molar-refractivity contribution in [2.45, 2.75) is 61.5 Å². The van der Waals surface area contributed by atoms with Gasteiger partial charge in [0.05, 0.1) is 33.9 Å². The van der Waals surface area contributed by atoms with Crippen molar-refractivity contribution in [3.8, 4) is 0 Å². The van der Waals surface area contributed by atoms with E-state index in [0.717, 1.165) is 19.3 Å². The van der Waals surface area contributed by atoms with Gasteiger partial charge in [-0.25, -0.2) is 0 Å². The Morgan fingerprint density at radius 3 is 2.69 bits per heavy atom. The summed E-state index contributed by atoms with van der Waals surface area (Å²) in [4.78, 5) is 45.5. The van der Waals surface area contributed by atoms with Crippen LogP contribution in [0, 0.1) is 17.8 Å². The summed E-state index contributed by atoms with van der Waals surface area (Å²) in [7, 11) is 0. The molecule has 0 radical (unpaired) electrons. The fourth-order valence-electron chi connectivity index (χ4n) is 6.63. The van der Waals surface area contributed by atoms with Crippen molar-refractivity contribution in [2.75, 3.05) is 31.2 Å². The number of para-hydroxylation sites is 1. The molecule has 0 aromatic heterocycles. The molecule has 3 unspecified atom stereocenters. The molecule has 1 spiro atoms. The number of fused-ring (bicyclic) bond motifs is 1. The van der Waals surface area contributed by atoms with Gasteiger partial charge in [-0.1, -0.05) is 42.8 Å². The number of benzene rings is 1. The number of halogens is 1. The van der Waals surface area contributed by atoms with Crippen LogP contribution in [0.2, 0.25) is 5.02 Å². The topological polar surface area (TPSA) is 87.1 Å². The van der Waals surface area contributed by atoms with Crippen molar-refractivity contribution in [1.29, 1.82) is 0 Å². The maximum Gasteiger partial charge on any atom is 0.310 e. The first-order chi connectivity index (χ1) is 18.8. The van der Waals surface area contributed by atoms with E-state index in [1.165, 1.54) is 0 Å². The van der Waals surface area contributed by atoms with Crippen LogP contribution >= 0.6 is 23.4 Å². The number of thioether (sulfide) groups is 1. The second kappa shape index (κ2) is 12.9. The molecule has 2 amide bonds. The van der Waals surface area contributed by atoms with E-state index >= 15 is 0 Å². The quantitative estimate of drug-likeness (QED) is 0.194. The van der Waals surface area contributed by atoms with Crippen molar-refractivity contribution in [1.82, 2.24) is 4.90 Å². The minimum atomic E-state index is -0.746. The van der Waals surface area contributed by atoms with E-state index in [4.69, 9.17) is 16.3 Å². The van der Waals surface area contributed by atoms with Crippen LogP contribution in [0.4, 0.5) is 5.69 Å². The number of hydrogen-bond acceptors (Lipinski definition) is 6. The van der Waals surface area contributed by atoms with Gasteiger partial charge in [0.2, 0.25) is 5.91 Å². The number of amides is 2. The fourth-order valence-corrected chi connectivity index (χ4v) is 9.27. The smallest absolute Gasteiger partial charge is 0.310 e. The number of allylic oxidation sites excluding steroid dienone is 1. The molecule has 0 saturated carbocycles. The van der Waals surface area contributed by atoms with E-state index in [0.29, 0.717) is 36.5 Å². The Bertz CT molecular complexity index is 1100. The Hall–Kier alpha value is -2.29. The van der Waals surface area contributed by atoms with E-state index < -0.39 is 22.6 Å². The van der Waals surface area contributed by atoms with E-state index in [1.54, 1.807) is 45.8 Å². The highest BCUT2D eigenvalue weighted by atomic mass is 35.5. The van der Waals surface area contributed by atoms with Crippen LogP contribution in [0.5, 0.6) is 0 Å². The molecule has 3 heterocycles. The largest absolute Gasteiger partial charge is 0.465 e. The summed E-state index contributed by atoms with van der Waals surface area (Å²) in [5.41, 5.74) is 0.569. The standard InChI is InChI=1S/C30H39ClN2O5S/c1-4-6-12-18-38-29(37)24-23-19-20(3)30(39-23)25(24)27(35)33(16-10-7-11-17-34)26(30)28(36)32(15-5-2)22-14-9-8-13-21(22)31/h4-5,8-9,13-14,20,23-26,34H,1-2,6-7,10-12,15-19H2,3H3/t20?,23-,24+,25+,26?,30?/m1/s1. The van der Waals surface area contributed by atoms with Crippen molar-refractivity contribution >= 4 is 46.8 Å². The van der Waals surface area contributed by atoms with Crippen molar-refractivity contribution in [3.63, 3.8) is 0 Å². The van der Waals surface area contributed by atoms with Crippen LogP contribution in [0.3, 0.4) is 0 Å². The summed E-state index contributed by atoms with van der Waals surface area (Å²) >= 11 is 8.17. The predicted molar refractivity (Wildman–Crippen MR) is 156 cm³/mol. The van der Waals surface area contributed by atoms with Gasteiger partial charge in [0.1, 0.15) is 6.04 Å². The van der Waals surface area contributed by atoms with Crippen LogP contribution < -0.4 is 4.90 Å². The minimum absolute atomic E-state index is 0.0551. The lowest BCUT2D eigenvalue weighted by Crippen LogP contribution is -2.57. The molecule has 2 bridgehead atoms. The SMILES string of the molecule is C=CCCCOC(=O)[C@@H]1[C@H]2C(=O)N(CCCCCO)C(C(=O)N(CC=C)c3ccccc3Cl)C23S[C@@H]1CC3C. The summed E-state index contributed by atoms with van der Waals surface area (Å²) in [5, 5.41) is 9.64. The van der Waals surface area contributed by atoms with Gasteiger partial charge in [-0.3, -0.25) is 14.4 Å². The van der Waals surface area contributed by atoms with Crippen molar-refractivity contribution in [2.24, 2.45) is 17.8 Å². The molecule has 1 aromatic carbocycles. The van der Waals surface area contributed by atoms with Crippen LogP contribution in [-0.2, 0) is 19.1 Å². The number of hydrogen-bond donors (Lipinski definition) is 1. The zero-order valence-electron chi connectivity index (χ0n) is 22.6. The number of ether oxygens (including phenoxy) is 1. The highest BCUT2D eigenvalue weighted by Gasteiger charge is 2.76. The van der Waals surface area contributed by atoms with Crippen molar-refractivity contribution < 1.29 is 24.2 Å². The average Bonchev–Trinajstić information content (AvgIpc) is 3.51. The van der Waals surface area contributed by atoms with Gasteiger partial charge in [-0.15, -0.1) is 24.9 Å². The third-order valence-electron chi connectivity index (χ3n) is 8.33. The molecule has 1 N–H and O–H groups in total. The Morgan fingerprint density at radius 1 is 1.23 bits per heavy atom. The molecule has 4 rings (SSSR count). The number of anilines is 1. The number of carbonyl (C=O) groups excluding carboxylic acids is 3. The molecule has 1 aromatic rings. The molecule has 212 valence electrons. The Morgan fingerprint density at radius 2 is 2.00 bits per heavy atom.